The second-order valence-electron chi connectivity index (χ2n) is 10.4. The first kappa shape index (κ1) is 14.6. The highest BCUT2D eigenvalue weighted by atomic mass is 14.6. The SMILES string of the molecule is CC1[C@H]([B][C@@H]2C[C@@H]3C[C@H](C2C)C3(C)C)C[C@@H]2C[C@H]1C2(C)C. The zero-order valence-electron chi connectivity index (χ0n) is 15.0. The van der Waals surface area contributed by atoms with Crippen LogP contribution in [0.15, 0.2) is 0 Å². The summed E-state index contributed by atoms with van der Waals surface area (Å²) in [4.78, 5) is 0. The highest BCUT2D eigenvalue weighted by Crippen LogP contribution is 2.68. The predicted molar refractivity (Wildman–Crippen MR) is 91.6 cm³/mol. The third-order valence-electron chi connectivity index (χ3n) is 9.32. The molecule has 0 saturated heterocycles. The van der Waals surface area contributed by atoms with Crippen LogP contribution in [0.5, 0.6) is 0 Å². The second kappa shape index (κ2) is 4.32. The van der Waals surface area contributed by atoms with E-state index in [1.54, 1.807) is 0 Å². The van der Waals surface area contributed by atoms with E-state index in [9.17, 15) is 0 Å². The van der Waals surface area contributed by atoms with Gasteiger partial charge in [-0.1, -0.05) is 66.0 Å². The van der Waals surface area contributed by atoms with Crippen LogP contribution in [-0.2, 0) is 0 Å². The van der Waals surface area contributed by atoms with Gasteiger partial charge in [-0.05, 0) is 59.2 Å². The average molecular weight is 285 g/mol. The van der Waals surface area contributed by atoms with Crippen molar-refractivity contribution >= 4 is 7.28 Å². The normalized spacial score (nSPS) is 56.1. The molecule has 4 bridgehead atoms. The molecule has 0 aliphatic heterocycles. The fourth-order valence-electron chi connectivity index (χ4n) is 7.21. The van der Waals surface area contributed by atoms with Gasteiger partial charge in [0.05, 0.1) is 0 Å². The van der Waals surface area contributed by atoms with E-state index in [0.717, 1.165) is 47.1 Å². The van der Waals surface area contributed by atoms with Crippen LogP contribution in [0.3, 0.4) is 0 Å². The molecule has 0 spiro atoms. The molecule has 1 radical (unpaired) electrons. The summed E-state index contributed by atoms with van der Waals surface area (Å²) in [5, 5.41) is 0. The Morgan fingerprint density at radius 1 is 0.667 bits per heavy atom. The van der Waals surface area contributed by atoms with E-state index in [1.165, 1.54) is 25.7 Å². The van der Waals surface area contributed by atoms with E-state index in [2.05, 4.69) is 48.8 Å². The topological polar surface area (TPSA) is 0 Å². The minimum absolute atomic E-state index is 0.645. The molecule has 6 rings (SSSR count). The molecule has 6 aliphatic carbocycles. The van der Waals surface area contributed by atoms with E-state index in [4.69, 9.17) is 0 Å². The van der Waals surface area contributed by atoms with Crippen molar-refractivity contribution in [1.82, 2.24) is 0 Å². The molecule has 6 fully saturated rings. The van der Waals surface area contributed by atoms with Crippen molar-refractivity contribution in [3.05, 3.63) is 0 Å². The lowest BCUT2D eigenvalue weighted by Gasteiger charge is -2.65. The Bertz CT molecular complexity index is 397. The molecule has 0 nitrogen and oxygen atoms in total. The molecule has 0 heterocycles. The molecule has 0 aromatic heterocycles. The third kappa shape index (κ3) is 1.81. The first-order valence-electron chi connectivity index (χ1n) is 9.58. The fourth-order valence-corrected chi connectivity index (χ4v) is 7.21. The van der Waals surface area contributed by atoms with Gasteiger partial charge < -0.3 is 0 Å². The van der Waals surface area contributed by atoms with Crippen LogP contribution in [0.2, 0.25) is 11.6 Å². The summed E-state index contributed by atoms with van der Waals surface area (Å²) in [7, 11) is 2.86. The largest absolute Gasteiger partial charge is 0.118 e. The van der Waals surface area contributed by atoms with Crippen molar-refractivity contribution in [3.8, 4) is 0 Å². The van der Waals surface area contributed by atoms with Gasteiger partial charge in [-0.15, -0.1) is 0 Å². The van der Waals surface area contributed by atoms with Gasteiger partial charge in [-0.25, -0.2) is 0 Å². The van der Waals surface area contributed by atoms with Crippen molar-refractivity contribution in [1.29, 1.82) is 0 Å². The molecule has 21 heavy (non-hydrogen) atoms. The molecule has 6 aliphatic rings. The Morgan fingerprint density at radius 3 is 1.33 bits per heavy atom. The zero-order chi connectivity index (χ0) is 15.2. The predicted octanol–water partition coefficient (Wildman–Crippen LogP) is 5.67. The quantitative estimate of drug-likeness (QED) is 0.573. The van der Waals surface area contributed by atoms with Crippen LogP contribution in [0.1, 0.15) is 67.2 Å². The lowest BCUT2D eigenvalue weighted by Crippen LogP contribution is -2.57. The number of hydrogen-bond donors (Lipinski definition) is 0. The Balaban J connectivity index is 1.42. The maximum atomic E-state index is 2.86. The summed E-state index contributed by atoms with van der Waals surface area (Å²) in [5.74, 6) is 7.76. The average Bonchev–Trinajstić information content (AvgIpc) is 2.41. The minimum atomic E-state index is 0.645. The van der Waals surface area contributed by atoms with E-state index in [-0.39, 0.29) is 0 Å². The molecular weight excluding hydrogens is 251 g/mol. The van der Waals surface area contributed by atoms with Crippen molar-refractivity contribution in [2.75, 3.05) is 0 Å². The molecular formula is C20H34B. The van der Waals surface area contributed by atoms with Crippen LogP contribution in [0.25, 0.3) is 0 Å². The molecule has 117 valence electrons. The molecule has 2 unspecified atom stereocenters. The fraction of sp³-hybridized carbons (Fsp3) is 1.00. The molecule has 6 saturated carbocycles. The monoisotopic (exact) mass is 285 g/mol. The van der Waals surface area contributed by atoms with Crippen molar-refractivity contribution in [2.24, 2.45) is 46.3 Å². The van der Waals surface area contributed by atoms with Gasteiger partial charge in [0.1, 0.15) is 7.28 Å². The number of rotatable bonds is 2. The van der Waals surface area contributed by atoms with Gasteiger partial charge in [0.15, 0.2) is 0 Å². The van der Waals surface area contributed by atoms with Crippen LogP contribution >= 0.6 is 0 Å². The van der Waals surface area contributed by atoms with Crippen LogP contribution in [0, 0.1) is 46.3 Å². The maximum absolute atomic E-state index is 2.86. The lowest BCUT2D eigenvalue weighted by molar-refractivity contribution is -0.106. The Kier molecular flexibility index (Phi) is 3.02. The molecule has 0 N–H and O–H groups in total. The molecule has 0 aromatic rings. The van der Waals surface area contributed by atoms with Crippen molar-refractivity contribution < 1.29 is 0 Å². The molecule has 8 atom stereocenters. The van der Waals surface area contributed by atoms with E-state index in [0.29, 0.717) is 10.8 Å². The summed E-state index contributed by atoms with van der Waals surface area (Å²) in [6.45, 7) is 15.2. The zero-order valence-corrected chi connectivity index (χ0v) is 15.0. The Morgan fingerprint density at radius 2 is 1.05 bits per heavy atom. The molecule has 0 aromatic carbocycles. The van der Waals surface area contributed by atoms with Gasteiger partial charge in [-0.2, -0.15) is 0 Å². The summed E-state index contributed by atoms with van der Waals surface area (Å²) in [6, 6.07) is 0. The summed E-state index contributed by atoms with van der Waals surface area (Å²) >= 11 is 0. The highest BCUT2D eigenvalue weighted by molar-refractivity contribution is 6.40. The Hall–Kier alpha value is 0.0649. The van der Waals surface area contributed by atoms with E-state index < -0.39 is 0 Å². The lowest BCUT2D eigenvalue weighted by atomic mass is 9.31. The van der Waals surface area contributed by atoms with E-state index in [1.807, 2.05) is 0 Å². The summed E-state index contributed by atoms with van der Waals surface area (Å²) in [6.07, 6.45) is 6.03. The smallest absolute Gasteiger partial charge is 0.0655 e. The maximum Gasteiger partial charge on any atom is 0.118 e. The number of fused-ring (bicyclic) bond motifs is 4. The minimum Gasteiger partial charge on any atom is -0.0655 e. The standard InChI is InChI=1S/C20H34B/c1-11-15-7-13(19(15,3)4)9-17(11)21-18-10-14-8-16(12(18)2)20(14,5)6/h11-18H,7-10H2,1-6H3/t11?,12?,13-,14-,15+,16+,17+,18+/m0/s1. The molecule has 0 amide bonds. The third-order valence-corrected chi connectivity index (χ3v) is 9.32. The first-order valence-corrected chi connectivity index (χ1v) is 9.58. The van der Waals surface area contributed by atoms with Gasteiger partial charge in [0.25, 0.3) is 0 Å². The summed E-state index contributed by atoms with van der Waals surface area (Å²) in [5.41, 5.74) is 1.29. The van der Waals surface area contributed by atoms with Crippen molar-refractivity contribution in [2.45, 2.75) is 78.9 Å². The van der Waals surface area contributed by atoms with Gasteiger partial charge >= 0.3 is 0 Å². The Labute approximate surface area is 133 Å². The molecule has 1 heteroatoms. The van der Waals surface area contributed by atoms with Crippen LogP contribution in [-0.4, -0.2) is 7.28 Å². The van der Waals surface area contributed by atoms with Crippen molar-refractivity contribution in [3.63, 3.8) is 0 Å². The van der Waals surface area contributed by atoms with Crippen LogP contribution < -0.4 is 0 Å². The summed E-state index contributed by atoms with van der Waals surface area (Å²) < 4.78 is 0. The highest BCUT2D eigenvalue weighted by Gasteiger charge is 2.59. The van der Waals surface area contributed by atoms with Gasteiger partial charge in [0, 0.05) is 0 Å². The van der Waals surface area contributed by atoms with Gasteiger partial charge in [0.2, 0.25) is 0 Å². The first-order chi connectivity index (χ1) is 9.73. The van der Waals surface area contributed by atoms with Crippen LogP contribution in [0.4, 0.5) is 0 Å². The van der Waals surface area contributed by atoms with E-state index >= 15 is 0 Å². The second-order valence-corrected chi connectivity index (χ2v) is 10.4. The number of hydrogen-bond acceptors (Lipinski definition) is 0. The van der Waals surface area contributed by atoms with Gasteiger partial charge in [-0.3, -0.25) is 0 Å².